The van der Waals surface area contributed by atoms with Crippen molar-refractivity contribution in [2.24, 2.45) is 0 Å². The molecule has 0 unspecified atom stereocenters. The quantitative estimate of drug-likeness (QED) is 0.773. The van der Waals surface area contributed by atoms with Gasteiger partial charge in [-0.15, -0.1) is 0 Å². The topological polar surface area (TPSA) is 55.6 Å². The van der Waals surface area contributed by atoms with Crippen LogP contribution in [0.15, 0.2) is 61.3 Å². The van der Waals surface area contributed by atoms with Gasteiger partial charge in [0.1, 0.15) is 12.7 Å². The Morgan fingerprint density at radius 1 is 1.05 bits per heavy atom. The average molecular weight is 251 g/mol. The normalized spacial score (nSPS) is 10.3. The second-order valence-corrected chi connectivity index (χ2v) is 4.05. The molecule has 19 heavy (non-hydrogen) atoms. The van der Waals surface area contributed by atoms with E-state index in [9.17, 15) is 0 Å². The van der Waals surface area contributed by atoms with Crippen molar-refractivity contribution in [3.05, 3.63) is 66.9 Å². The number of hydrogen-bond acceptors (Lipinski definition) is 4. The van der Waals surface area contributed by atoms with Crippen LogP contribution in [0, 0.1) is 0 Å². The SMILES string of the molecule is c1ccc(CNc2cccnc2-n2cncn2)cc1. The lowest BCUT2D eigenvalue weighted by Gasteiger charge is -2.10. The number of nitrogens with one attached hydrogen (secondary N) is 1. The zero-order chi connectivity index (χ0) is 12.9. The fourth-order valence-corrected chi connectivity index (χ4v) is 1.83. The summed E-state index contributed by atoms with van der Waals surface area (Å²) in [4.78, 5) is 8.27. The summed E-state index contributed by atoms with van der Waals surface area (Å²) in [5.41, 5.74) is 2.15. The molecule has 0 atom stereocenters. The summed E-state index contributed by atoms with van der Waals surface area (Å²) in [5.74, 6) is 0.746. The van der Waals surface area contributed by atoms with Gasteiger partial charge in [-0.25, -0.2) is 14.6 Å². The van der Waals surface area contributed by atoms with Gasteiger partial charge >= 0.3 is 0 Å². The molecular weight excluding hydrogens is 238 g/mol. The molecule has 0 saturated carbocycles. The summed E-state index contributed by atoms with van der Waals surface area (Å²) in [7, 11) is 0. The van der Waals surface area contributed by atoms with Crippen LogP contribution in [-0.2, 0) is 6.54 Å². The molecule has 0 aliphatic carbocycles. The van der Waals surface area contributed by atoms with Crippen molar-refractivity contribution in [3.63, 3.8) is 0 Å². The van der Waals surface area contributed by atoms with Crippen molar-refractivity contribution in [2.45, 2.75) is 6.54 Å². The Bertz CT molecular complexity index is 634. The third-order valence-corrected chi connectivity index (χ3v) is 2.75. The van der Waals surface area contributed by atoms with Crippen LogP contribution in [0.4, 0.5) is 5.69 Å². The lowest BCUT2D eigenvalue weighted by atomic mass is 10.2. The number of hydrogen-bond donors (Lipinski definition) is 1. The summed E-state index contributed by atoms with van der Waals surface area (Å²) in [6.07, 6.45) is 4.87. The van der Waals surface area contributed by atoms with Crippen molar-refractivity contribution in [1.82, 2.24) is 19.7 Å². The van der Waals surface area contributed by atoms with E-state index >= 15 is 0 Å². The summed E-state index contributed by atoms with van der Waals surface area (Å²) in [5, 5.41) is 7.47. The predicted molar refractivity (Wildman–Crippen MR) is 72.9 cm³/mol. The van der Waals surface area contributed by atoms with E-state index in [0.717, 1.165) is 18.1 Å². The average Bonchev–Trinajstić information content (AvgIpc) is 3.01. The Hall–Kier alpha value is -2.69. The van der Waals surface area contributed by atoms with Crippen LogP contribution in [0.5, 0.6) is 0 Å². The lowest BCUT2D eigenvalue weighted by molar-refractivity contribution is 0.844. The van der Waals surface area contributed by atoms with Crippen LogP contribution >= 0.6 is 0 Å². The zero-order valence-electron chi connectivity index (χ0n) is 10.3. The molecule has 2 aromatic heterocycles. The van der Waals surface area contributed by atoms with Gasteiger partial charge in [0.05, 0.1) is 5.69 Å². The Labute approximate surface area is 111 Å². The standard InChI is InChI=1S/C14H13N5/c1-2-5-12(6-3-1)9-17-13-7-4-8-16-14(13)19-11-15-10-18-19/h1-8,10-11,17H,9H2. The van der Waals surface area contributed by atoms with Crippen molar-refractivity contribution >= 4 is 5.69 Å². The van der Waals surface area contributed by atoms with Gasteiger partial charge in [0.2, 0.25) is 0 Å². The maximum absolute atomic E-state index is 4.33. The molecule has 1 aromatic carbocycles. The van der Waals surface area contributed by atoms with Gasteiger partial charge < -0.3 is 5.32 Å². The maximum atomic E-state index is 4.33. The van der Waals surface area contributed by atoms with E-state index < -0.39 is 0 Å². The van der Waals surface area contributed by atoms with E-state index in [2.05, 4.69) is 32.5 Å². The number of benzene rings is 1. The second kappa shape index (κ2) is 5.30. The number of pyridine rings is 1. The van der Waals surface area contributed by atoms with E-state index in [-0.39, 0.29) is 0 Å². The van der Waals surface area contributed by atoms with E-state index in [1.165, 1.54) is 11.9 Å². The van der Waals surface area contributed by atoms with Gasteiger partial charge in [-0.2, -0.15) is 5.10 Å². The molecule has 0 spiro atoms. The highest BCUT2D eigenvalue weighted by Crippen LogP contribution is 2.16. The molecule has 0 amide bonds. The first kappa shape index (κ1) is 11.4. The minimum atomic E-state index is 0.744. The van der Waals surface area contributed by atoms with Crippen molar-refractivity contribution < 1.29 is 0 Å². The van der Waals surface area contributed by atoms with Gasteiger partial charge in [0.15, 0.2) is 5.82 Å². The molecule has 0 bridgehead atoms. The number of aromatic nitrogens is 4. The van der Waals surface area contributed by atoms with Gasteiger partial charge in [-0.1, -0.05) is 30.3 Å². The van der Waals surface area contributed by atoms with Crippen molar-refractivity contribution in [3.8, 4) is 5.82 Å². The molecule has 0 aliphatic heterocycles. The summed E-state index contributed by atoms with van der Waals surface area (Å²) >= 11 is 0. The molecule has 94 valence electrons. The molecule has 0 saturated heterocycles. The predicted octanol–water partition coefficient (Wildman–Crippen LogP) is 2.27. The molecule has 5 nitrogen and oxygen atoms in total. The smallest absolute Gasteiger partial charge is 0.178 e. The fourth-order valence-electron chi connectivity index (χ4n) is 1.83. The highest BCUT2D eigenvalue weighted by Gasteiger charge is 2.05. The summed E-state index contributed by atoms with van der Waals surface area (Å²) < 4.78 is 1.65. The first-order valence-corrected chi connectivity index (χ1v) is 6.01. The van der Waals surface area contributed by atoms with Crippen LogP contribution in [0.25, 0.3) is 5.82 Å². The van der Waals surface area contributed by atoms with Crippen LogP contribution in [0.1, 0.15) is 5.56 Å². The molecule has 3 aromatic rings. The molecule has 1 N–H and O–H groups in total. The van der Waals surface area contributed by atoms with Crippen LogP contribution in [0.3, 0.4) is 0 Å². The first-order valence-electron chi connectivity index (χ1n) is 6.01. The van der Waals surface area contributed by atoms with Crippen LogP contribution < -0.4 is 5.32 Å². The van der Waals surface area contributed by atoms with E-state index in [1.54, 1.807) is 17.2 Å². The highest BCUT2D eigenvalue weighted by atomic mass is 15.3. The van der Waals surface area contributed by atoms with Crippen molar-refractivity contribution in [2.75, 3.05) is 5.32 Å². The fraction of sp³-hybridized carbons (Fsp3) is 0.0714. The van der Waals surface area contributed by atoms with E-state index in [1.807, 2.05) is 30.3 Å². The lowest BCUT2D eigenvalue weighted by Crippen LogP contribution is -2.06. The van der Waals surface area contributed by atoms with E-state index in [4.69, 9.17) is 0 Å². The largest absolute Gasteiger partial charge is 0.378 e. The minimum Gasteiger partial charge on any atom is -0.378 e. The molecule has 2 heterocycles. The van der Waals surface area contributed by atoms with Crippen LogP contribution in [0.2, 0.25) is 0 Å². The molecule has 0 aliphatic rings. The minimum absolute atomic E-state index is 0.744. The maximum Gasteiger partial charge on any atom is 0.178 e. The summed E-state index contributed by atoms with van der Waals surface area (Å²) in [6, 6.07) is 14.1. The number of nitrogens with zero attached hydrogens (tertiary/aromatic N) is 4. The monoisotopic (exact) mass is 251 g/mol. The van der Waals surface area contributed by atoms with Gasteiger partial charge in [0.25, 0.3) is 0 Å². The van der Waals surface area contributed by atoms with Gasteiger partial charge in [-0.05, 0) is 17.7 Å². The molecule has 0 radical (unpaired) electrons. The molecular formula is C14H13N5. The van der Waals surface area contributed by atoms with Crippen LogP contribution in [-0.4, -0.2) is 19.7 Å². The van der Waals surface area contributed by atoms with Crippen molar-refractivity contribution in [1.29, 1.82) is 0 Å². The number of rotatable bonds is 4. The first-order chi connectivity index (χ1) is 9.43. The highest BCUT2D eigenvalue weighted by molar-refractivity contribution is 5.56. The Morgan fingerprint density at radius 2 is 1.95 bits per heavy atom. The molecule has 5 heteroatoms. The van der Waals surface area contributed by atoms with E-state index in [0.29, 0.717) is 0 Å². The molecule has 0 fully saturated rings. The van der Waals surface area contributed by atoms with Gasteiger partial charge in [-0.3, -0.25) is 0 Å². The number of anilines is 1. The third-order valence-electron chi connectivity index (χ3n) is 2.75. The second-order valence-electron chi connectivity index (χ2n) is 4.05. The Balaban J connectivity index is 1.82. The molecule has 3 rings (SSSR count). The van der Waals surface area contributed by atoms with Gasteiger partial charge in [0, 0.05) is 12.7 Å². The third kappa shape index (κ3) is 2.60. The summed E-state index contributed by atoms with van der Waals surface area (Å²) in [6.45, 7) is 0.744. The Morgan fingerprint density at radius 3 is 2.74 bits per heavy atom. The zero-order valence-corrected chi connectivity index (χ0v) is 10.3. The Kier molecular flexibility index (Phi) is 3.18.